The Morgan fingerprint density at radius 1 is 1.36 bits per heavy atom. The molecule has 0 bridgehead atoms. The molecule has 0 saturated carbocycles. The fourth-order valence-corrected chi connectivity index (χ4v) is 3.81. The van der Waals surface area contributed by atoms with Crippen LogP contribution in [0.3, 0.4) is 0 Å². The second-order valence-electron chi connectivity index (χ2n) is 5.32. The van der Waals surface area contributed by atoms with Gasteiger partial charge < -0.3 is 5.32 Å². The van der Waals surface area contributed by atoms with Crippen LogP contribution < -0.4 is 5.32 Å². The lowest BCUT2D eigenvalue weighted by Crippen LogP contribution is -2.32. The summed E-state index contributed by atoms with van der Waals surface area (Å²) in [6.07, 6.45) is 2.26. The van der Waals surface area contributed by atoms with E-state index in [4.69, 9.17) is 0 Å². The minimum atomic E-state index is -0.364. The number of amides is 1. The van der Waals surface area contributed by atoms with Gasteiger partial charge in [-0.25, -0.2) is 4.39 Å². The number of aromatic nitrogens is 3. The summed E-state index contributed by atoms with van der Waals surface area (Å²) in [5, 5.41) is 12.9. The Morgan fingerprint density at radius 3 is 2.96 bits per heavy atom. The number of carbonyl (C=O) groups is 1. The third kappa shape index (κ3) is 4.46. The highest BCUT2D eigenvalue weighted by Crippen LogP contribution is 2.25. The smallest absolute Gasteiger partial charge is 0.233 e. The molecule has 0 saturated heterocycles. The lowest BCUT2D eigenvalue weighted by atomic mass is 10.3. The zero-order valence-electron chi connectivity index (χ0n) is 13.6. The molecule has 3 aromatic rings. The highest BCUT2D eigenvalue weighted by atomic mass is 32.2. The average molecular weight is 376 g/mol. The Hall–Kier alpha value is -2.19. The second kappa shape index (κ2) is 8.26. The van der Waals surface area contributed by atoms with Crippen LogP contribution in [-0.2, 0) is 11.2 Å². The summed E-state index contributed by atoms with van der Waals surface area (Å²) in [7, 11) is 0. The van der Waals surface area contributed by atoms with Crippen LogP contribution in [0.1, 0.15) is 11.8 Å². The molecule has 2 aromatic heterocycles. The number of para-hydroxylation sites is 1. The maximum atomic E-state index is 14.0. The van der Waals surface area contributed by atoms with E-state index in [9.17, 15) is 9.18 Å². The Morgan fingerprint density at radius 2 is 2.20 bits per heavy atom. The Balaban J connectivity index is 1.60. The number of nitrogens with zero attached hydrogens (tertiary/aromatic N) is 3. The molecule has 0 aliphatic rings. The van der Waals surface area contributed by atoms with Gasteiger partial charge in [-0.3, -0.25) is 9.36 Å². The number of halogens is 1. The Kier molecular flexibility index (Phi) is 5.83. The molecule has 0 radical (unpaired) electrons. The van der Waals surface area contributed by atoms with Gasteiger partial charge in [0, 0.05) is 11.4 Å². The highest BCUT2D eigenvalue weighted by Gasteiger charge is 2.19. The van der Waals surface area contributed by atoms with Gasteiger partial charge in [0.1, 0.15) is 12.1 Å². The van der Waals surface area contributed by atoms with Crippen molar-refractivity contribution in [2.75, 3.05) is 6.54 Å². The first-order valence-electron chi connectivity index (χ1n) is 7.77. The molecule has 5 nitrogen and oxygen atoms in total. The van der Waals surface area contributed by atoms with Crippen LogP contribution in [0.2, 0.25) is 0 Å². The van der Waals surface area contributed by atoms with Crippen molar-refractivity contribution in [1.29, 1.82) is 0 Å². The summed E-state index contributed by atoms with van der Waals surface area (Å²) in [6.45, 7) is 2.38. The van der Waals surface area contributed by atoms with E-state index in [2.05, 4.69) is 15.5 Å². The predicted molar refractivity (Wildman–Crippen MR) is 97.7 cm³/mol. The minimum Gasteiger partial charge on any atom is -0.355 e. The summed E-state index contributed by atoms with van der Waals surface area (Å²) < 4.78 is 15.5. The van der Waals surface area contributed by atoms with E-state index >= 15 is 0 Å². The normalized spacial score (nSPS) is 12.1. The van der Waals surface area contributed by atoms with Crippen LogP contribution in [-0.4, -0.2) is 32.5 Å². The van der Waals surface area contributed by atoms with E-state index in [1.807, 2.05) is 17.5 Å². The van der Waals surface area contributed by atoms with Crippen molar-refractivity contribution in [1.82, 2.24) is 20.1 Å². The van der Waals surface area contributed by atoms with Gasteiger partial charge in [0.05, 0.1) is 10.9 Å². The van der Waals surface area contributed by atoms with Crippen molar-refractivity contribution < 1.29 is 9.18 Å². The third-order valence-electron chi connectivity index (χ3n) is 3.53. The number of thioether (sulfide) groups is 1. The molecular formula is C17H17FN4OS2. The molecule has 25 heavy (non-hydrogen) atoms. The number of benzene rings is 1. The number of carbonyl (C=O) groups excluding carboxylic acids is 1. The number of hydrogen-bond acceptors (Lipinski definition) is 5. The highest BCUT2D eigenvalue weighted by molar-refractivity contribution is 8.00. The second-order valence-corrected chi connectivity index (χ2v) is 7.66. The van der Waals surface area contributed by atoms with Crippen molar-refractivity contribution >= 4 is 29.0 Å². The molecular weight excluding hydrogens is 359 g/mol. The van der Waals surface area contributed by atoms with Crippen LogP contribution in [0.4, 0.5) is 4.39 Å². The Labute approximate surface area is 153 Å². The molecule has 3 rings (SSSR count). The lowest BCUT2D eigenvalue weighted by molar-refractivity contribution is -0.120. The van der Waals surface area contributed by atoms with Gasteiger partial charge in [-0.05, 0) is 36.9 Å². The van der Waals surface area contributed by atoms with Gasteiger partial charge >= 0.3 is 0 Å². The molecule has 0 aliphatic heterocycles. The molecule has 0 unspecified atom stereocenters. The minimum absolute atomic E-state index is 0.0790. The molecule has 1 amide bonds. The van der Waals surface area contributed by atoms with E-state index in [1.54, 1.807) is 41.0 Å². The molecule has 8 heteroatoms. The van der Waals surface area contributed by atoms with Gasteiger partial charge in [-0.2, -0.15) is 0 Å². The van der Waals surface area contributed by atoms with Crippen LogP contribution in [0, 0.1) is 5.82 Å². The SMILES string of the molecule is C[C@@H](Sc1nncn1-c1ccccc1F)C(=O)NCCc1cccs1. The van der Waals surface area contributed by atoms with Gasteiger partial charge in [0.2, 0.25) is 5.91 Å². The van der Waals surface area contributed by atoms with E-state index < -0.39 is 0 Å². The first-order valence-corrected chi connectivity index (χ1v) is 9.53. The summed E-state index contributed by atoms with van der Waals surface area (Å²) in [4.78, 5) is 13.5. The van der Waals surface area contributed by atoms with E-state index in [0.29, 0.717) is 17.4 Å². The molecule has 130 valence electrons. The maximum absolute atomic E-state index is 14.0. The predicted octanol–water partition coefficient (Wildman–Crippen LogP) is 3.31. The molecule has 0 aliphatic carbocycles. The zero-order valence-corrected chi connectivity index (χ0v) is 15.2. The monoisotopic (exact) mass is 376 g/mol. The van der Waals surface area contributed by atoms with E-state index in [-0.39, 0.29) is 17.0 Å². The lowest BCUT2D eigenvalue weighted by Gasteiger charge is -2.12. The van der Waals surface area contributed by atoms with Gasteiger partial charge in [0.25, 0.3) is 0 Å². The number of hydrogen-bond donors (Lipinski definition) is 1. The Bertz CT molecular complexity index is 835. The number of thiophene rings is 1. The zero-order chi connectivity index (χ0) is 17.6. The van der Waals surface area contributed by atoms with E-state index in [1.165, 1.54) is 29.0 Å². The van der Waals surface area contributed by atoms with Crippen LogP contribution >= 0.6 is 23.1 Å². The molecule has 1 atom stereocenters. The van der Waals surface area contributed by atoms with Crippen LogP contribution in [0.5, 0.6) is 0 Å². The summed E-state index contributed by atoms with van der Waals surface area (Å²) in [6, 6.07) is 10.4. The van der Waals surface area contributed by atoms with Crippen molar-refractivity contribution in [3.05, 3.63) is 58.8 Å². The van der Waals surface area contributed by atoms with E-state index in [0.717, 1.165) is 6.42 Å². The van der Waals surface area contributed by atoms with Gasteiger partial charge in [-0.15, -0.1) is 21.5 Å². The summed E-state index contributed by atoms with van der Waals surface area (Å²) in [5.41, 5.74) is 0.361. The quantitative estimate of drug-likeness (QED) is 0.643. The molecule has 0 spiro atoms. The fourth-order valence-electron chi connectivity index (χ4n) is 2.24. The van der Waals surface area contributed by atoms with Crippen LogP contribution in [0.15, 0.2) is 53.3 Å². The molecule has 2 heterocycles. The van der Waals surface area contributed by atoms with Crippen molar-refractivity contribution in [2.24, 2.45) is 0 Å². The molecule has 1 N–H and O–H groups in total. The summed E-state index contributed by atoms with van der Waals surface area (Å²) >= 11 is 2.92. The molecule has 0 fully saturated rings. The largest absolute Gasteiger partial charge is 0.355 e. The first kappa shape index (κ1) is 17.6. The van der Waals surface area contributed by atoms with Gasteiger partial charge in [0.15, 0.2) is 5.16 Å². The fraction of sp³-hybridized carbons (Fsp3) is 0.235. The van der Waals surface area contributed by atoms with Crippen LogP contribution in [0.25, 0.3) is 5.69 Å². The average Bonchev–Trinajstić information content (AvgIpc) is 3.27. The number of nitrogens with one attached hydrogen (secondary N) is 1. The number of rotatable bonds is 7. The molecule has 1 aromatic carbocycles. The van der Waals surface area contributed by atoms with Crippen molar-refractivity contribution in [2.45, 2.75) is 23.8 Å². The first-order chi connectivity index (χ1) is 12.1. The van der Waals surface area contributed by atoms with Gasteiger partial charge in [-0.1, -0.05) is 30.0 Å². The maximum Gasteiger partial charge on any atom is 0.233 e. The standard InChI is InChI=1S/C17H17FN4OS2/c1-12(16(23)19-9-8-13-5-4-10-24-13)25-17-21-20-11-22(17)15-7-3-2-6-14(15)18/h2-7,10-12H,8-9H2,1H3,(H,19,23)/t12-/m1/s1. The van der Waals surface area contributed by atoms with Crippen molar-refractivity contribution in [3.8, 4) is 5.69 Å². The third-order valence-corrected chi connectivity index (χ3v) is 5.52. The van der Waals surface area contributed by atoms with Crippen molar-refractivity contribution in [3.63, 3.8) is 0 Å². The topological polar surface area (TPSA) is 59.8 Å². The summed E-state index contributed by atoms with van der Waals surface area (Å²) in [5.74, 6) is -0.443.